The van der Waals surface area contributed by atoms with E-state index in [2.05, 4.69) is 26.7 Å². The second kappa shape index (κ2) is 20.2. The van der Waals surface area contributed by atoms with Crippen LogP contribution in [-0.4, -0.2) is 25.4 Å². The summed E-state index contributed by atoms with van der Waals surface area (Å²) >= 11 is 0. The summed E-state index contributed by atoms with van der Waals surface area (Å²) in [5.41, 5.74) is 0. The molecule has 28 heavy (non-hydrogen) atoms. The molecular weight excluding hydrogens is 344 g/mol. The maximum atomic E-state index is 6.03. The molecule has 166 valence electrons. The van der Waals surface area contributed by atoms with Gasteiger partial charge in [-0.3, -0.25) is 0 Å². The molecule has 0 bridgehead atoms. The monoisotopic (exact) mass is 394 g/mol. The average molecular weight is 395 g/mol. The van der Waals surface area contributed by atoms with Crippen LogP contribution < -0.4 is 0 Å². The van der Waals surface area contributed by atoms with Gasteiger partial charge >= 0.3 is 0 Å². The Hall–Kier alpha value is -0.0800. The Morgan fingerprint density at radius 1 is 0.500 bits per heavy atom. The molecule has 0 aliphatic heterocycles. The minimum atomic E-state index is 0.326. The number of rotatable bonds is 20. The SMILES string of the molecule is CCCCCCCCCCOC1[CH]CC(OCCCCCCCCCC)[CH]C1. The second-order valence-electron chi connectivity index (χ2n) is 8.71. The van der Waals surface area contributed by atoms with Crippen LogP contribution in [0.25, 0.3) is 0 Å². The summed E-state index contributed by atoms with van der Waals surface area (Å²) in [6.45, 7) is 6.41. The number of hydrogen-bond acceptors (Lipinski definition) is 2. The summed E-state index contributed by atoms with van der Waals surface area (Å²) in [6.07, 6.45) is 29.2. The minimum Gasteiger partial charge on any atom is -0.378 e. The quantitative estimate of drug-likeness (QED) is 0.194. The molecule has 0 aromatic rings. The Kier molecular flexibility index (Phi) is 18.7. The van der Waals surface area contributed by atoms with Crippen molar-refractivity contribution in [2.75, 3.05) is 13.2 Å². The van der Waals surface area contributed by atoms with E-state index in [1.54, 1.807) is 0 Å². The molecule has 1 fully saturated rings. The van der Waals surface area contributed by atoms with Gasteiger partial charge in [-0.15, -0.1) is 0 Å². The van der Waals surface area contributed by atoms with Gasteiger partial charge in [0.25, 0.3) is 0 Å². The summed E-state index contributed by atoms with van der Waals surface area (Å²) in [7, 11) is 0. The van der Waals surface area contributed by atoms with E-state index in [0.29, 0.717) is 12.2 Å². The van der Waals surface area contributed by atoms with E-state index in [1.165, 1.54) is 103 Å². The molecule has 2 heteroatoms. The van der Waals surface area contributed by atoms with E-state index >= 15 is 0 Å². The Morgan fingerprint density at radius 2 is 0.821 bits per heavy atom. The summed E-state index contributed by atoms with van der Waals surface area (Å²) in [6, 6.07) is 0. The Balaban J connectivity index is 1.81. The van der Waals surface area contributed by atoms with Crippen molar-refractivity contribution in [3.8, 4) is 0 Å². The van der Waals surface area contributed by atoms with Crippen molar-refractivity contribution >= 4 is 0 Å². The van der Waals surface area contributed by atoms with Crippen LogP contribution in [0.3, 0.4) is 0 Å². The van der Waals surface area contributed by atoms with E-state index in [-0.39, 0.29) is 0 Å². The van der Waals surface area contributed by atoms with Gasteiger partial charge < -0.3 is 9.47 Å². The maximum absolute atomic E-state index is 6.03. The van der Waals surface area contributed by atoms with Crippen molar-refractivity contribution in [3.05, 3.63) is 12.8 Å². The van der Waals surface area contributed by atoms with Crippen LogP contribution in [0.2, 0.25) is 0 Å². The van der Waals surface area contributed by atoms with Crippen molar-refractivity contribution in [1.29, 1.82) is 0 Å². The normalized spacial score (nSPS) is 19.9. The van der Waals surface area contributed by atoms with Crippen molar-refractivity contribution in [1.82, 2.24) is 0 Å². The van der Waals surface area contributed by atoms with Gasteiger partial charge in [-0.25, -0.2) is 0 Å². The zero-order chi connectivity index (χ0) is 20.1. The lowest BCUT2D eigenvalue weighted by Crippen LogP contribution is -2.28. The molecule has 1 aliphatic rings. The van der Waals surface area contributed by atoms with Gasteiger partial charge in [0.05, 0.1) is 12.2 Å². The molecule has 0 aromatic heterocycles. The molecule has 1 aliphatic carbocycles. The molecule has 0 aromatic carbocycles. The zero-order valence-electron chi connectivity index (χ0n) is 19.3. The first kappa shape index (κ1) is 26.0. The first-order valence-electron chi connectivity index (χ1n) is 12.8. The Bertz CT molecular complexity index is 267. The van der Waals surface area contributed by atoms with Crippen LogP contribution in [0.5, 0.6) is 0 Å². The van der Waals surface area contributed by atoms with E-state index < -0.39 is 0 Å². The van der Waals surface area contributed by atoms with Gasteiger partial charge in [0.15, 0.2) is 0 Å². The third kappa shape index (κ3) is 15.8. The standard InChI is InChI=1S/C26H50O2/c1-3-5-7-9-11-13-15-17-23-27-25-19-21-26(22-20-25)28-24-18-16-14-12-10-8-6-4-2/h19,22,25-26H,3-18,20-21,23-24H2,1-2H3. The molecule has 0 saturated heterocycles. The highest BCUT2D eigenvalue weighted by atomic mass is 16.5. The van der Waals surface area contributed by atoms with Gasteiger partial charge in [-0.1, -0.05) is 104 Å². The summed E-state index contributed by atoms with van der Waals surface area (Å²) in [4.78, 5) is 0. The average Bonchev–Trinajstić information content (AvgIpc) is 2.72. The predicted molar refractivity (Wildman–Crippen MR) is 123 cm³/mol. The highest BCUT2D eigenvalue weighted by molar-refractivity contribution is 4.96. The molecule has 0 heterocycles. The minimum absolute atomic E-state index is 0.326. The van der Waals surface area contributed by atoms with E-state index in [1.807, 2.05) is 0 Å². The molecule has 0 N–H and O–H groups in total. The van der Waals surface area contributed by atoms with Gasteiger partial charge in [0.2, 0.25) is 0 Å². The van der Waals surface area contributed by atoms with Crippen molar-refractivity contribution in [2.24, 2.45) is 0 Å². The molecule has 1 rings (SSSR count). The zero-order valence-corrected chi connectivity index (χ0v) is 19.3. The lowest BCUT2D eigenvalue weighted by molar-refractivity contribution is 0.0183. The number of unbranched alkanes of at least 4 members (excludes halogenated alkanes) is 14. The lowest BCUT2D eigenvalue weighted by Gasteiger charge is -2.28. The van der Waals surface area contributed by atoms with Crippen LogP contribution in [0.1, 0.15) is 129 Å². The molecule has 2 atom stereocenters. The fourth-order valence-corrected chi connectivity index (χ4v) is 3.98. The number of ether oxygens (including phenoxy) is 2. The first-order valence-corrected chi connectivity index (χ1v) is 12.8. The van der Waals surface area contributed by atoms with Crippen LogP contribution in [0.4, 0.5) is 0 Å². The van der Waals surface area contributed by atoms with Crippen LogP contribution in [-0.2, 0) is 9.47 Å². The molecule has 2 unspecified atom stereocenters. The van der Waals surface area contributed by atoms with Gasteiger partial charge in [-0.05, 0) is 38.5 Å². The van der Waals surface area contributed by atoms with Crippen molar-refractivity contribution in [2.45, 2.75) is 142 Å². The molecule has 2 radical (unpaired) electrons. The van der Waals surface area contributed by atoms with Gasteiger partial charge in [0, 0.05) is 13.2 Å². The highest BCUT2D eigenvalue weighted by Gasteiger charge is 2.22. The molecule has 0 amide bonds. The summed E-state index contributed by atoms with van der Waals surface area (Å²) < 4.78 is 12.1. The van der Waals surface area contributed by atoms with Crippen LogP contribution >= 0.6 is 0 Å². The van der Waals surface area contributed by atoms with E-state index in [4.69, 9.17) is 9.47 Å². The van der Waals surface area contributed by atoms with E-state index in [9.17, 15) is 0 Å². The third-order valence-corrected chi connectivity index (χ3v) is 5.92. The van der Waals surface area contributed by atoms with Crippen LogP contribution in [0, 0.1) is 12.8 Å². The number of hydrogen-bond donors (Lipinski definition) is 0. The second-order valence-corrected chi connectivity index (χ2v) is 8.71. The maximum Gasteiger partial charge on any atom is 0.0611 e. The fourth-order valence-electron chi connectivity index (χ4n) is 3.98. The molecule has 0 spiro atoms. The molecular formula is C26H50O2. The van der Waals surface area contributed by atoms with Gasteiger partial charge in [-0.2, -0.15) is 0 Å². The lowest BCUT2D eigenvalue weighted by atomic mass is 9.95. The van der Waals surface area contributed by atoms with E-state index in [0.717, 1.165) is 26.1 Å². The predicted octanol–water partition coefficient (Wildman–Crippen LogP) is 8.24. The van der Waals surface area contributed by atoms with Crippen molar-refractivity contribution in [3.63, 3.8) is 0 Å². The molecule has 1 saturated carbocycles. The highest BCUT2D eigenvalue weighted by Crippen LogP contribution is 2.22. The molecule has 2 nitrogen and oxygen atoms in total. The van der Waals surface area contributed by atoms with Crippen molar-refractivity contribution < 1.29 is 9.47 Å². The summed E-state index contributed by atoms with van der Waals surface area (Å²) in [5.74, 6) is 0. The Labute approximate surface area is 177 Å². The van der Waals surface area contributed by atoms with Gasteiger partial charge in [0.1, 0.15) is 0 Å². The third-order valence-electron chi connectivity index (χ3n) is 5.92. The largest absolute Gasteiger partial charge is 0.378 e. The Morgan fingerprint density at radius 3 is 1.14 bits per heavy atom. The fraction of sp³-hybridized carbons (Fsp3) is 0.923. The van der Waals surface area contributed by atoms with Crippen LogP contribution in [0.15, 0.2) is 0 Å². The summed E-state index contributed by atoms with van der Waals surface area (Å²) in [5, 5.41) is 0. The first-order chi connectivity index (χ1) is 13.9. The smallest absolute Gasteiger partial charge is 0.0611 e. The topological polar surface area (TPSA) is 18.5 Å².